The molecule has 156 valence electrons. The molecule has 0 aliphatic carbocycles. The Bertz CT molecular complexity index is 994. The molecule has 1 saturated heterocycles. The second kappa shape index (κ2) is 9.82. The number of imide groups is 1. The molecule has 8 heteroatoms. The standard InChI is InChI=1S/C22H21ClN2O4S/c1-3-14(2)25-21(27)19(30-22(25)28)12-15-9-10-18(17(23)11-15)29-13-20(26)24-16-7-5-4-6-8-16/h4-12,14H,3,13H2,1-2H3,(H,24,26)/b19-12+/t14-/m0/s1. The number of nitrogens with one attached hydrogen (secondary N) is 1. The smallest absolute Gasteiger partial charge is 0.293 e. The molecular weight excluding hydrogens is 424 g/mol. The molecule has 1 atom stereocenters. The fraction of sp³-hybridized carbons (Fsp3) is 0.227. The Balaban J connectivity index is 1.64. The van der Waals surface area contributed by atoms with Crippen LogP contribution in [-0.4, -0.2) is 34.6 Å². The van der Waals surface area contributed by atoms with Gasteiger partial charge in [0, 0.05) is 11.7 Å². The number of carbonyl (C=O) groups is 3. The Kier molecular flexibility index (Phi) is 7.18. The van der Waals surface area contributed by atoms with Crippen LogP contribution in [-0.2, 0) is 9.59 Å². The lowest BCUT2D eigenvalue weighted by Crippen LogP contribution is -2.36. The molecule has 1 aliphatic heterocycles. The van der Waals surface area contributed by atoms with Crippen LogP contribution in [0.1, 0.15) is 25.8 Å². The van der Waals surface area contributed by atoms with Gasteiger partial charge in [-0.1, -0.05) is 42.8 Å². The fourth-order valence-electron chi connectivity index (χ4n) is 2.78. The molecule has 1 fully saturated rings. The van der Waals surface area contributed by atoms with E-state index in [1.54, 1.807) is 36.4 Å². The first-order valence-corrected chi connectivity index (χ1v) is 10.6. The lowest BCUT2D eigenvalue weighted by atomic mass is 10.2. The number of amides is 3. The summed E-state index contributed by atoms with van der Waals surface area (Å²) in [5.74, 6) is -0.252. The van der Waals surface area contributed by atoms with Gasteiger partial charge in [0.05, 0.1) is 9.93 Å². The van der Waals surface area contributed by atoms with Crippen LogP contribution in [0.15, 0.2) is 53.4 Å². The van der Waals surface area contributed by atoms with Crippen molar-refractivity contribution in [3.8, 4) is 5.75 Å². The minimum atomic E-state index is -0.305. The van der Waals surface area contributed by atoms with Crippen molar-refractivity contribution in [2.45, 2.75) is 26.3 Å². The maximum absolute atomic E-state index is 12.5. The highest BCUT2D eigenvalue weighted by Gasteiger charge is 2.37. The van der Waals surface area contributed by atoms with Crippen LogP contribution in [0, 0.1) is 0 Å². The first-order chi connectivity index (χ1) is 14.4. The lowest BCUT2D eigenvalue weighted by molar-refractivity contribution is -0.124. The van der Waals surface area contributed by atoms with Gasteiger partial charge >= 0.3 is 0 Å². The van der Waals surface area contributed by atoms with Crippen molar-refractivity contribution >= 4 is 52.2 Å². The van der Waals surface area contributed by atoms with Gasteiger partial charge in [-0.25, -0.2) is 0 Å². The van der Waals surface area contributed by atoms with Crippen LogP contribution < -0.4 is 10.1 Å². The summed E-state index contributed by atoms with van der Waals surface area (Å²) < 4.78 is 5.50. The Morgan fingerprint density at radius 2 is 1.97 bits per heavy atom. The molecule has 0 unspecified atom stereocenters. The topological polar surface area (TPSA) is 75.7 Å². The Morgan fingerprint density at radius 3 is 2.63 bits per heavy atom. The number of benzene rings is 2. The van der Waals surface area contributed by atoms with Crippen LogP contribution >= 0.6 is 23.4 Å². The zero-order valence-corrected chi connectivity index (χ0v) is 18.1. The summed E-state index contributed by atoms with van der Waals surface area (Å²) in [4.78, 5) is 38.3. The third-order valence-electron chi connectivity index (χ3n) is 4.53. The van der Waals surface area contributed by atoms with Gasteiger partial charge in [0.25, 0.3) is 17.1 Å². The highest BCUT2D eigenvalue weighted by atomic mass is 35.5. The van der Waals surface area contributed by atoms with Gasteiger partial charge in [-0.05, 0) is 61.0 Å². The number of hydrogen-bond acceptors (Lipinski definition) is 5. The highest BCUT2D eigenvalue weighted by Crippen LogP contribution is 2.35. The molecule has 30 heavy (non-hydrogen) atoms. The van der Waals surface area contributed by atoms with E-state index in [1.807, 2.05) is 32.0 Å². The zero-order chi connectivity index (χ0) is 21.7. The molecule has 1 heterocycles. The number of hydrogen-bond donors (Lipinski definition) is 1. The van der Waals surface area contributed by atoms with E-state index in [9.17, 15) is 14.4 Å². The Labute approximate surface area is 184 Å². The number of thioether (sulfide) groups is 1. The van der Waals surface area contributed by atoms with E-state index in [-0.39, 0.29) is 29.7 Å². The quantitative estimate of drug-likeness (QED) is 0.594. The van der Waals surface area contributed by atoms with Crippen LogP contribution in [0.4, 0.5) is 10.5 Å². The summed E-state index contributed by atoms with van der Waals surface area (Å²) in [6.45, 7) is 3.58. The molecule has 6 nitrogen and oxygen atoms in total. The van der Waals surface area contributed by atoms with E-state index >= 15 is 0 Å². The maximum atomic E-state index is 12.5. The van der Waals surface area contributed by atoms with Crippen LogP contribution in [0.25, 0.3) is 6.08 Å². The predicted molar refractivity (Wildman–Crippen MR) is 120 cm³/mol. The van der Waals surface area contributed by atoms with Gasteiger partial charge in [-0.15, -0.1) is 0 Å². The van der Waals surface area contributed by atoms with Crippen molar-refractivity contribution in [2.75, 3.05) is 11.9 Å². The number of ether oxygens (including phenoxy) is 1. The van der Waals surface area contributed by atoms with Gasteiger partial charge in [0.15, 0.2) is 6.61 Å². The third-order valence-corrected chi connectivity index (χ3v) is 5.70. The largest absolute Gasteiger partial charge is 0.482 e. The van der Waals surface area contributed by atoms with Gasteiger partial charge in [-0.3, -0.25) is 19.3 Å². The van der Waals surface area contributed by atoms with Crippen molar-refractivity contribution < 1.29 is 19.1 Å². The van der Waals surface area contributed by atoms with Crippen LogP contribution in [0.5, 0.6) is 5.75 Å². The predicted octanol–water partition coefficient (Wildman–Crippen LogP) is 5.19. The van der Waals surface area contributed by atoms with E-state index in [1.165, 1.54) is 4.90 Å². The van der Waals surface area contributed by atoms with Crippen LogP contribution in [0.2, 0.25) is 5.02 Å². The number of rotatable bonds is 7. The first kappa shape index (κ1) is 21.9. The number of nitrogens with zero attached hydrogens (tertiary/aromatic N) is 1. The second-order valence-corrected chi connectivity index (χ2v) is 8.10. The van der Waals surface area contributed by atoms with Crippen molar-refractivity contribution in [3.05, 3.63) is 64.0 Å². The Hall–Kier alpha value is -2.77. The summed E-state index contributed by atoms with van der Waals surface area (Å²) in [6.07, 6.45) is 2.33. The van der Waals surface area contributed by atoms with Crippen molar-refractivity contribution in [1.82, 2.24) is 4.90 Å². The van der Waals surface area contributed by atoms with Gasteiger partial charge in [0.1, 0.15) is 5.75 Å². The average Bonchev–Trinajstić information content (AvgIpc) is 3.00. The molecule has 3 amide bonds. The third kappa shape index (κ3) is 5.23. The van der Waals surface area contributed by atoms with Crippen molar-refractivity contribution in [1.29, 1.82) is 0 Å². The normalized spacial score (nSPS) is 16.1. The molecule has 0 bridgehead atoms. The summed E-state index contributed by atoms with van der Waals surface area (Å²) in [5, 5.41) is 2.76. The molecule has 0 radical (unpaired) electrons. The number of anilines is 1. The van der Waals surface area contributed by atoms with E-state index in [0.29, 0.717) is 33.3 Å². The van der Waals surface area contributed by atoms with E-state index in [0.717, 1.165) is 11.8 Å². The molecule has 0 saturated carbocycles. The van der Waals surface area contributed by atoms with E-state index in [4.69, 9.17) is 16.3 Å². The maximum Gasteiger partial charge on any atom is 0.293 e. The number of halogens is 1. The molecule has 3 rings (SSSR count). The summed E-state index contributed by atoms with van der Waals surface area (Å²) in [6, 6.07) is 13.9. The molecule has 0 spiro atoms. The van der Waals surface area contributed by atoms with Crippen LogP contribution in [0.3, 0.4) is 0 Å². The van der Waals surface area contributed by atoms with E-state index < -0.39 is 0 Å². The summed E-state index contributed by atoms with van der Waals surface area (Å²) in [5.41, 5.74) is 1.34. The molecule has 1 aliphatic rings. The second-order valence-electron chi connectivity index (χ2n) is 6.70. The SMILES string of the molecule is CC[C@H](C)N1C(=O)S/C(=C/c2ccc(OCC(=O)Nc3ccccc3)c(Cl)c2)C1=O. The minimum absolute atomic E-state index is 0.148. The average molecular weight is 445 g/mol. The molecule has 2 aromatic carbocycles. The minimum Gasteiger partial charge on any atom is -0.482 e. The lowest BCUT2D eigenvalue weighted by Gasteiger charge is -2.19. The summed E-state index contributed by atoms with van der Waals surface area (Å²) in [7, 11) is 0. The molecular formula is C22H21ClN2O4S. The molecule has 1 N–H and O–H groups in total. The van der Waals surface area contributed by atoms with Crippen molar-refractivity contribution in [2.24, 2.45) is 0 Å². The summed E-state index contributed by atoms with van der Waals surface area (Å²) >= 11 is 7.19. The fourth-order valence-corrected chi connectivity index (χ4v) is 3.95. The highest BCUT2D eigenvalue weighted by molar-refractivity contribution is 8.18. The van der Waals surface area contributed by atoms with Crippen molar-refractivity contribution in [3.63, 3.8) is 0 Å². The number of para-hydroxylation sites is 1. The number of carbonyl (C=O) groups excluding carboxylic acids is 3. The molecule has 0 aromatic heterocycles. The monoisotopic (exact) mass is 444 g/mol. The van der Waals surface area contributed by atoms with Gasteiger partial charge in [0.2, 0.25) is 0 Å². The molecule has 2 aromatic rings. The zero-order valence-electron chi connectivity index (χ0n) is 16.6. The van der Waals surface area contributed by atoms with E-state index in [2.05, 4.69) is 5.32 Å². The van der Waals surface area contributed by atoms with Gasteiger partial charge < -0.3 is 10.1 Å². The Morgan fingerprint density at radius 1 is 1.23 bits per heavy atom. The van der Waals surface area contributed by atoms with Gasteiger partial charge in [-0.2, -0.15) is 0 Å². The first-order valence-electron chi connectivity index (χ1n) is 9.43.